The number of carbonyl (C=O) groups is 2. The molecule has 2 amide bonds. The number of nitrogens with one attached hydrogen (secondary N) is 1. The molecule has 0 unspecified atom stereocenters. The number of anilines is 1. The van der Waals surface area contributed by atoms with Crippen molar-refractivity contribution in [1.29, 1.82) is 0 Å². The number of benzene rings is 1. The maximum Gasteiger partial charge on any atom is 0.255 e. The van der Waals surface area contributed by atoms with E-state index >= 15 is 0 Å². The maximum absolute atomic E-state index is 13.1. The maximum atomic E-state index is 13.1. The third-order valence-corrected chi connectivity index (χ3v) is 4.92. The highest BCUT2D eigenvalue weighted by molar-refractivity contribution is 5.95. The van der Waals surface area contributed by atoms with Crippen LogP contribution < -0.4 is 5.32 Å². The SMILES string of the molecule is CN(C(=O)c1ccc(F)cc1)[C@H]1CCN(C(=O)c2ccc(NC(C)(C)C)nc2)C1. The summed E-state index contributed by atoms with van der Waals surface area (Å²) in [5.41, 5.74) is 0.852. The minimum atomic E-state index is -0.376. The summed E-state index contributed by atoms with van der Waals surface area (Å²) in [6.45, 7) is 7.17. The fraction of sp³-hybridized carbons (Fsp3) is 0.409. The van der Waals surface area contributed by atoms with Crippen LogP contribution in [-0.2, 0) is 0 Å². The molecule has 1 aliphatic rings. The number of halogens is 1. The molecule has 2 heterocycles. The first kappa shape index (κ1) is 20.8. The number of likely N-dealkylation sites (tertiary alicyclic amines) is 1. The summed E-state index contributed by atoms with van der Waals surface area (Å²) in [5.74, 6) is 0.0747. The highest BCUT2D eigenvalue weighted by Crippen LogP contribution is 2.20. The summed E-state index contributed by atoms with van der Waals surface area (Å²) in [5, 5.41) is 3.27. The Morgan fingerprint density at radius 2 is 1.79 bits per heavy atom. The molecule has 7 heteroatoms. The molecule has 1 aromatic heterocycles. The lowest BCUT2D eigenvalue weighted by Gasteiger charge is -2.25. The molecule has 0 saturated carbocycles. The molecular weight excluding hydrogens is 371 g/mol. The fourth-order valence-corrected chi connectivity index (χ4v) is 3.37. The number of hydrogen-bond acceptors (Lipinski definition) is 4. The highest BCUT2D eigenvalue weighted by atomic mass is 19.1. The summed E-state index contributed by atoms with van der Waals surface area (Å²) in [6, 6.07) is 9.00. The van der Waals surface area contributed by atoms with Gasteiger partial charge < -0.3 is 15.1 Å². The Bertz CT molecular complexity index is 875. The minimum absolute atomic E-state index is 0.0775. The van der Waals surface area contributed by atoms with E-state index in [1.165, 1.54) is 24.3 Å². The third-order valence-electron chi connectivity index (χ3n) is 4.92. The molecule has 2 aromatic rings. The van der Waals surface area contributed by atoms with E-state index in [-0.39, 0.29) is 29.2 Å². The lowest BCUT2D eigenvalue weighted by atomic mass is 10.1. The van der Waals surface area contributed by atoms with Crippen LogP contribution in [0.5, 0.6) is 0 Å². The number of aromatic nitrogens is 1. The lowest BCUT2D eigenvalue weighted by molar-refractivity contribution is 0.0700. The van der Waals surface area contributed by atoms with Crippen molar-refractivity contribution in [3.05, 3.63) is 59.5 Å². The Labute approximate surface area is 170 Å². The van der Waals surface area contributed by atoms with Crippen molar-refractivity contribution in [3.63, 3.8) is 0 Å². The van der Waals surface area contributed by atoms with E-state index in [4.69, 9.17) is 0 Å². The Balaban J connectivity index is 1.61. The second-order valence-electron chi connectivity index (χ2n) is 8.42. The number of amides is 2. The second kappa shape index (κ2) is 8.19. The summed E-state index contributed by atoms with van der Waals surface area (Å²) in [4.78, 5) is 33.1. The number of carbonyl (C=O) groups excluding carboxylic acids is 2. The highest BCUT2D eigenvalue weighted by Gasteiger charge is 2.32. The van der Waals surface area contributed by atoms with E-state index in [9.17, 15) is 14.0 Å². The molecular formula is C22H27FN4O2. The average Bonchev–Trinajstić information content (AvgIpc) is 3.16. The molecule has 1 N–H and O–H groups in total. The zero-order chi connectivity index (χ0) is 21.2. The summed E-state index contributed by atoms with van der Waals surface area (Å²) < 4.78 is 13.1. The predicted molar refractivity (Wildman–Crippen MR) is 110 cm³/mol. The predicted octanol–water partition coefficient (Wildman–Crippen LogP) is 3.42. The van der Waals surface area contributed by atoms with Gasteiger partial charge in [0.1, 0.15) is 11.6 Å². The first-order chi connectivity index (χ1) is 13.6. The van der Waals surface area contributed by atoms with Gasteiger partial charge in [-0.25, -0.2) is 9.37 Å². The van der Waals surface area contributed by atoms with Crippen molar-refractivity contribution in [2.24, 2.45) is 0 Å². The van der Waals surface area contributed by atoms with Gasteiger partial charge in [0.25, 0.3) is 11.8 Å². The van der Waals surface area contributed by atoms with Crippen molar-refractivity contribution in [3.8, 4) is 0 Å². The summed E-state index contributed by atoms with van der Waals surface area (Å²) >= 11 is 0. The van der Waals surface area contributed by atoms with Gasteiger partial charge in [-0.3, -0.25) is 9.59 Å². The fourth-order valence-electron chi connectivity index (χ4n) is 3.37. The Hall–Kier alpha value is -2.96. The smallest absolute Gasteiger partial charge is 0.255 e. The van der Waals surface area contributed by atoms with Gasteiger partial charge in [-0.1, -0.05) is 0 Å². The van der Waals surface area contributed by atoms with Crippen molar-refractivity contribution < 1.29 is 14.0 Å². The number of likely N-dealkylation sites (N-methyl/N-ethyl adjacent to an activating group) is 1. The normalized spacial score (nSPS) is 16.6. The van der Waals surface area contributed by atoms with Crippen molar-refractivity contribution in [1.82, 2.24) is 14.8 Å². The van der Waals surface area contributed by atoms with Gasteiger partial charge in [0.05, 0.1) is 11.6 Å². The van der Waals surface area contributed by atoms with Crippen LogP contribution in [0.25, 0.3) is 0 Å². The molecule has 0 aliphatic carbocycles. The first-order valence-electron chi connectivity index (χ1n) is 9.70. The second-order valence-corrected chi connectivity index (χ2v) is 8.42. The van der Waals surface area contributed by atoms with Crippen molar-refractivity contribution in [2.45, 2.75) is 38.8 Å². The largest absolute Gasteiger partial charge is 0.365 e. The topological polar surface area (TPSA) is 65.5 Å². The molecule has 1 atom stereocenters. The Kier molecular flexibility index (Phi) is 5.86. The third kappa shape index (κ3) is 5.10. The summed E-state index contributed by atoms with van der Waals surface area (Å²) in [6.07, 6.45) is 2.28. The molecule has 0 radical (unpaired) electrons. The monoisotopic (exact) mass is 398 g/mol. The van der Waals surface area contributed by atoms with Crippen LogP contribution in [0.3, 0.4) is 0 Å². The van der Waals surface area contributed by atoms with Crippen LogP contribution in [0, 0.1) is 5.82 Å². The zero-order valence-electron chi connectivity index (χ0n) is 17.3. The van der Waals surface area contributed by atoms with E-state index in [0.717, 1.165) is 5.82 Å². The molecule has 1 saturated heterocycles. The summed E-state index contributed by atoms with van der Waals surface area (Å²) in [7, 11) is 1.72. The van der Waals surface area contributed by atoms with E-state index in [1.807, 2.05) is 20.8 Å². The van der Waals surface area contributed by atoms with Crippen molar-refractivity contribution >= 4 is 17.6 Å². The number of nitrogens with zero attached hydrogens (tertiary/aromatic N) is 3. The van der Waals surface area contributed by atoms with Gasteiger partial charge in [-0.15, -0.1) is 0 Å². The molecule has 1 aromatic carbocycles. The van der Waals surface area contributed by atoms with Crippen LogP contribution in [0.1, 0.15) is 47.9 Å². The molecule has 1 fully saturated rings. The van der Waals surface area contributed by atoms with Crippen LogP contribution in [-0.4, -0.2) is 58.3 Å². The molecule has 3 rings (SSSR count). The minimum Gasteiger partial charge on any atom is -0.365 e. The Morgan fingerprint density at radius 3 is 2.38 bits per heavy atom. The van der Waals surface area contributed by atoms with E-state index in [1.54, 1.807) is 35.2 Å². The van der Waals surface area contributed by atoms with Gasteiger partial charge in [0.2, 0.25) is 0 Å². The van der Waals surface area contributed by atoms with E-state index < -0.39 is 0 Å². The molecule has 1 aliphatic heterocycles. The van der Waals surface area contributed by atoms with Crippen LogP contribution in [0.4, 0.5) is 10.2 Å². The van der Waals surface area contributed by atoms with E-state index in [2.05, 4.69) is 10.3 Å². The number of hydrogen-bond donors (Lipinski definition) is 1. The standard InChI is InChI=1S/C22H27FN4O2/c1-22(2,3)25-19-10-7-16(13-24-19)21(29)27-12-11-18(14-27)26(4)20(28)15-5-8-17(23)9-6-15/h5-10,13,18H,11-12,14H2,1-4H3,(H,24,25)/t18-/m0/s1. The van der Waals surface area contributed by atoms with Gasteiger partial charge in [-0.05, 0) is 63.6 Å². The lowest BCUT2D eigenvalue weighted by Crippen LogP contribution is -2.40. The van der Waals surface area contributed by atoms with Gasteiger partial charge in [0, 0.05) is 37.4 Å². The van der Waals surface area contributed by atoms with Gasteiger partial charge in [-0.2, -0.15) is 0 Å². The zero-order valence-corrected chi connectivity index (χ0v) is 17.3. The number of pyridine rings is 1. The quantitative estimate of drug-likeness (QED) is 0.857. The van der Waals surface area contributed by atoms with Crippen molar-refractivity contribution in [2.75, 3.05) is 25.5 Å². The van der Waals surface area contributed by atoms with E-state index in [0.29, 0.717) is 30.6 Å². The van der Waals surface area contributed by atoms with Gasteiger partial charge >= 0.3 is 0 Å². The first-order valence-corrected chi connectivity index (χ1v) is 9.70. The van der Waals surface area contributed by atoms with Crippen LogP contribution in [0.2, 0.25) is 0 Å². The Morgan fingerprint density at radius 1 is 1.14 bits per heavy atom. The molecule has 0 spiro atoms. The molecule has 29 heavy (non-hydrogen) atoms. The number of rotatable bonds is 4. The molecule has 6 nitrogen and oxygen atoms in total. The molecule has 154 valence electrons. The van der Waals surface area contributed by atoms with Crippen LogP contribution >= 0.6 is 0 Å². The van der Waals surface area contributed by atoms with Crippen LogP contribution in [0.15, 0.2) is 42.6 Å². The van der Waals surface area contributed by atoms with Gasteiger partial charge in [0.15, 0.2) is 0 Å². The average molecular weight is 398 g/mol. The molecule has 0 bridgehead atoms.